The van der Waals surface area contributed by atoms with Gasteiger partial charge in [-0.1, -0.05) is 11.3 Å². The molecule has 0 unspecified atom stereocenters. The average Bonchev–Trinajstić information content (AvgIpc) is 3.19. The lowest BCUT2D eigenvalue weighted by molar-refractivity contribution is 0.0925. The maximum Gasteiger partial charge on any atom is 0.272 e. The van der Waals surface area contributed by atoms with Crippen LogP contribution in [0.2, 0.25) is 0 Å². The summed E-state index contributed by atoms with van der Waals surface area (Å²) < 4.78 is 29.4. The Bertz CT molecular complexity index is 987. The van der Waals surface area contributed by atoms with Crippen molar-refractivity contribution >= 4 is 32.6 Å². The van der Waals surface area contributed by atoms with Crippen LogP contribution in [0.4, 0.5) is 13.9 Å². The van der Waals surface area contributed by atoms with Crippen LogP contribution in [0.15, 0.2) is 18.2 Å². The number of nitrogens with zero attached hydrogens (tertiary/aromatic N) is 4. The van der Waals surface area contributed by atoms with Crippen molar-refractivity contribution < 1.29 is 13.6 Å². The van der Waals surface area contributed by atoms with Crippen molar-refractivity contribution in [3.63, 3.8) is 0 Å². The van der Waals surface area contributed by atoms with E-state index in [1.165, 1.54) is 17.4 Å². The highest BCUT2D eigenvalue weighted by molar-refractivity contribution is 7.22. The largest absolute Gasteiger partial charge is 0.348 e. The van der Waals surface area contributed by atoms with Gasteiger partial charge in [0.2, 0.25) is 0 Å². The standard InChI is InChI=1S/C18H19F2N5OS/c1-10-7-14(23-24(10)2)17(26)21-12-3-5-25(6-4-12)18-22-16-13(20)8-11(19)9-15(16)27-18/h7-9,12H,3-6H2,1-2H3,(H,21,26). The third kappa shape index (κ3) is 3.51. The lowest BCUT2D eigenvalue weighted by Gasteiger charge is -2.31. The number of nitrogens with one attached hydrogen (secondary N) is 1. The Morgan fingerprint density at radius 1 is 1.26 bits per heavy atom. The molecule has 3 aromatic rings. The van der Waals surface area contributed by atoms with Crippen LogP contribution < -0.4 is 10.2 Å². The first-order valence-electron chi connectivity index (χ1n) is 8.73. The van der Waals surface area contributed by atoms with E-state index in [0.717, 1.165) is 24.6 Å². The van der Waals surface area contributed by atoms with E-state index in [0.29, 0.717) is 28.6 Å². The van der Waals surface area contributed by atoms with Crippen LogP contribution in [-0.4, -0.2) is 39.8 Å². The molecule has 27 heavy (non-hydrogen) atoms. The molecule has 1 amide bonds. The fraction of sp³-hybridized carbons (Fsp3) is 0.389. The van der Waals surface area contributed by atoms with Crippen LogP contribution in [0.25, 0.3) is 10.2 Å². The summed E-state index contributed by atoms with van der Waals surface area (Å²) in [5, 5.41) is 7.90. The lowest BCUT2D eigenvalue weighted by atomic mass is 10.1. The summed E-state index contributed by atoms with van der Waals surface area (Å²) in [5.74, 6) is -1.41. The second-order valence-corrected chi connectivity index (χ2v) is 7.77. The Morgan fingerprint density at radius 3 is 2.67 bits per heavy atom. The number of benzene rings is 1. The molecule has 2 aromatic heterocycles. The average molecular weight is 391 g/mol. The summed E-state index contributed by atoms with van der Waals surface area (Å²) >= 11 is 1.28. The van der Waals surface area contributed by atoms with Gasteiger partial charge in [-0.2, -0.15) is 5.10 Å². The number of hydrogen-bond donors (Lipinski definition) is 1. The Morgan fingerprint density at radius 2 is 2.00 bits per heavy atom. The number of rotatable bonds is 3. The van der Waals surface area contributed by atoms with Gasteiger partial charge in [0, 0.05) is 37.9 Å². The van der Waals surface area contributed by atoms with Crippen molar-refractivity contribution in [2.24, 2.45) is 7.05 Å². The van der Waals surface area contributed by atoms with E-state index in [9.17, 15) is 13.6 Å². The molecule has 1 aliphatic heterocycles. The van der Waals surface area contributed by atoms with E-state index in [2.05, 4.69) is 20.3 Å². The smallest absolute Gasteiger partial charge is 0.272 e. The Hall–Kier alpha value is -2.55. The number of amides is 1. The van der Waals surface area contributed by atoms with E-state index < -0.39 is 11.6 Å². The molecule has 0 saturated carbocycles. The minimum atomic E-state index is -0.639. The molecule has 3 heterocycles. The van der Waals surface area contributed by atoms with Gasteiger partial charge in [-0.15, -0.1) is 0 Å². The molecule has 1 N–H and O–H groups in total. The van der Waals surface area contributed by atoms with Gasteiger partial charge in [-0.3, -0.25) is 9.48 Å². The zero-order valence-corrected chi connectivity index (χ0v) is 15.8. The maximum atomic E-state index is 13.9. The first-order valence-corrected chi connectivity index (χ1v) is 9.54. The molecule has 0 aliphatic carbocycles. The van der Waals surface area contributed by atoms with Crippen molar-refractivity contribution in [2.75, 3.05) is 18.0 Å². The number of halogens is 2. The number of aryl methyl sites for hydroxylation is 2. The van der Waals surface area contributed by atoms with Crippen LogP contribution in [0.5, 0.6) is 0 Å². The highest BCUT2D eigenvalue weighted by Crippen LogP contribution is 2.32. The van der Waals surface area contributed by atoms with E-state index >= 15 is 0 Å². The molecule has 142 valence electrons. The predicted molar refractivity (Wildman–Crippen MR) is 100 cm³/mol. The van der Waals surface area contributed by atoms with Gasteiger partial charge in [-0.05, 0) is 31.9 Å². The van der Waals surface area contributed by atoms with Gasteiger partial charge in [0.25, 0.3) is 5.91 Å². The minimum Gasteiger partial charge on any atom is -0.348 e. The van der Waals surface area contributed by atoms with Crippen LogP contribution in [0.1, 0.15) is 29.0 Å². The lowest BCUT2D eigenvalue weighted by Crippen LogP contribution is -2.44. The molecular formula is C18H19F2N5OS. The van der Waals surface area contributed by atoms with Crippen LogP contribution in [0, 0.1) is 18.6 Å². The van der Waals surface area contributed by atoms with E-state index in [1.807, 2.05) is 6.92 Å². The highest BCUT2D eigenvalue weighted by atomic mass is 32.1. The topological polar surface area (TPSA) is 63.1 Å². The van der Waals surface area contributed by atoms with Gasteiger partial charge in [-0.25, -0.2) is 13.8 Å². The van der Waals surface area contributed by atoms with Crippen LogP contribution in [0.3, 0.4) is 0 Å². The summed E-state index contributed by atoms with van der Waals surface area (Å²) in [7, 11) is 1.80. The van der Waals surface area contributed by atoms with E-state index in [4.69, 9.17) is 0 Å². The second kappa shape index (κ2) is 6.88. The summed E-state index contributed by atoms with van der Waals surface area (Å²) in [5.41, 5.74) is 1.55. The molecule has 0 radical (unpaired) electrons. The zero-order chi connectivity index (χ0) is 19.1. The molecule has 6 nitrogen and oxygen atoms in total. The van der Waals surface area contributed by atoms with E-state index in [1.54, 1.807) is 17.8 Å². The fourth-order valence-electron chi connectivity index (χ4n) is 3.23. The number of piperidine rings is 1. The number of fused-ring (bicyclic) bond motifs is 1. The molecule has 0 atom stereocenters. The van der Waals surface area contributed by atoms with Crippen molar-refractivity contribution in [3.05, 3.63) is 41.2 Å². The van der Waals surface area contributed by atoms with Gasteiger partial charge < -0.3 is 10.2 Å². The van der Waals surface area contributed by atoms with Crippen LogP contribution >= 0.6 is 11.3 Å². The summed E-state index contributed by atoms with van der Waals surface area (Å²) in [6.07, 6.45) is 1.51. The number of thiazole rings is 1. The highest BCUT2D eigenvalue weighted by Gasteiger charge is 2.24. The number of anilines is 1. The first kappa shape index (κ1) is 17.8. The molecule has 0 spiro atoms. The molecule has 0 bridgehead atoms. The molecule has 4 rings (SSSR count). The second-order valence-electron chi connectivity index (χ2n) is 6.76. The molecular weight excluding hydrogens is 372 g/mol. The minimum absolute atomic E-state index is 0.0552. The molecule has 9 heteroatoms. The van der Waals surface area contributed by atoms with Gasteiger partial charge >= 0.3 is 0 Å². The molecule has 1 aromatic carbocycles. The van der Waals surface area contributed by atoms with Crippen molar-refractivity contribution in [2.45, 2.75) is 25.8 Å². The van der Waals surface area contributed by atoms with Gasteiger partial charge in [0.05, 0.1) is 4.70 Å². The third-order valence-electron chi connectivity index (χ3n) is 4.85. The maximum absolute atomic E-state index is 13.9. The van der Waals surface area contributed by atoms with Crippen molar-refractivity contribution in [1.82, 2.24) is 20.1 Å². The molecule has 1 fully saturated rings. The normalized spacial score (nSPS) is 15.5. The summed E-state index contributed by atoms with van der Waals surface area (Å²) in [4.78, 5) is 18.7. The SMILES string of the molecule is Cc1cc(C(=O)NC2CCN(c3nc4c(F)cc(F)cc4s3)CC2)nn1C. The fourth-order valence-corrected chi connectivity index (χ4v) is 4.28. The molecule has 1 saturated heterocycles. The Labute approximate surface area is 158 Å². The number of carbonyl (C=O) groups is 1. The third-order valence-corrected chi connectivity index (χ3v) is 5.91. The number of carbonyl (C=O) groups excluding carboxylic acids is 1. The Kier molecular flexibility index (Phi) is 4.55. The zero-order valence-electron chi connectivity index (χ0n) is 15.0. The quantitative estimate of drug-likeness (QED) is 0.746. The van der Waals surface area contributed by atoms with Gasteiger partial charge in [0.1, 0.15) is 17.0 Å². The van der Waals surface area contributed by atoms with Crippen molar-refractivity contribution in [3.8, 4) is 0 Å². The van der Waals surface area contributed by atoms with Gasteiger partial charge in [0.15, 0.2) is 10.9 Å². The number of aromatic nitrogens is 3. The number of hydrogen-bond acceptors (Lipinski definition) is 5. The first-order chi connectivity index (χ1) is 12.9. The van der Waals surface area contributed by atoms with E-state index in [-0.39, 0.29) is 17.5 Å². The monoisotopic (exact) mass is 391 g/mol. The molecule has 1 aliphatic rings. The summed E-state index contributed by atoms with van der Waals surface area (Å²) in [6, 6.07) is 3.98. The Balaban J connectivity index is 1.40. The van der Waals surface area contributed by atoms with Crippen molar-refractivity contribution in [1.29, 1.82) is 0 Å². The predicted octanol–water partition coefficient (Wildman–Crippen LogP) is 3.02. The summed E-state index contributed by atoms with van der Waals surface area (Å²) in [6.45, 7) is 3.28. The van der Waals surface area contributed by atoms with Crippen LogP contribution in [-0.2, 0) is 7.05 Å².